The number of phenolic OH excluding ortho intramolecular Hbond substituents is 1. The van der Waals surface area contributed by atoms with Crippen molar-refractivity contribution in [2.75, 3.05) is 7.11 Å². The van der Waals surface area contributed by atoms with Crippen LogP contribution in [0.5, 0.6) is 11.5 Å². The van der Waals surface area contributed by atoms with Crippen LogP contribution in [0.1, 0.15) is 5.56 Å². The third-order valence-electron chi connectivity index (χ3n) is 3.62. The van der Waals surface area contributed by atoms with Gasteiger partial charge in [0.15, 0.2) is 11.5 Å². The highest BCUT2D eigenvalue weighted by atomic mass is 79.9. The molecule has 0 bridgehead atoms. The van der Waals surface area contributed by atoms with E-state index >= 15 is 0 Å². The van der Waals surface area contributed by atoms with Crippen LogP contribution in [0, 0.1) is 0 Å². The van der Waals surface area contributed by atoms with Crippen molar-refractivity contribution < 1.29 is 9.84 Å². The minimum atomic E-state index is -0.204. The number of aromatic amines is 1. The number of ether oxygens (including phenoxy) is 1. The molecule has 0 atom stereocenters. The van der Waals surface area contributed by atoms with Gasteiger partial charge in [-0.2, -0.15) is 0 Å². The molecular weight excluding hydrogens is 372 g/mol. The SMILES string of the molecule is C=c1[nH]n(-c2ccccc2)c(=O)/c1=C\c1cc(OC)c(O)cc1Br. The lowest BCUT2D eigenvalue weighted by Gasteiger charge is -2.06. The van der Waals surface area contributed by atoms with Gasteiger partial charge in [0.05, 0.1) is 23.4 Å². The molecule has 0 saturated heterocycles. The Morgan fingerprint density at radius 3 is 2.67 bits per heavy atom. The van der Waals surface area contributed by atoms with E-state index in [4.69, 9.17) is 4.74 Å². The molecule has 0 aliphatic rings. The lowest BCUT2D eigenvalue weighted by Crippen LogP contribution is -2.34. The van der Waals surface area contributed by atoms with Crippen molar-refractivity contribution in [2.24, 2.45) is 0 Å². The van der Waals surface area contributed by atoms with E-state index < -0.39 is 0 Å². The standard InChI is InChI=1S/C18H15BrN2O3/c1-11-14(8-12-9-17(24-2)16(22)10-15(12)19)18(23)21(20-11)13-6-4-3-5-7-13/h3-10,20,22H,1H2,2H3/b14-8-. The topological polar surface area (TPSA) is 67.2 Å². The van der Waals surface area contributed by atoms with Crippen molar-refractivity contribution in [3.63, 3.8) is 0 Å². The molecule has 122 valence electrons. The molecule has 0 fully saturated rings. The highest BCUT2D eigenvalue weighted by Gasteiger charge is 2.09. The average molecular weight is 387 g/mol. The zero-order valence-corrected chi connectivity index (χ0v) is 14.5. The number of para-hydroxylation sites is 1. The fourth-order valence-electron chi connectivity index (χ4n) is 2.39. The van der Waals surface area contributed by atoms with Gasteiger partial charge >= 0.3 is 0 Å². The normalized spacial score (nSPS) is 11.7. The molecule has 0 radical (unpaired) electrons. The van der Waals surface area contributed by atoms with E-state index in [2.05, 4.69) is 27.6 Å². The molecule has 0 saturated carbocycles. The van der Waals surface area contributed by atoms with Crippen LogP contribution in [0.25, 0.3) is 18.3 Å². The molecule has 5 nitrogen and oxygen atoms in total. The van der Waals surface area contributed by atoms with E-state index in [9.17, 15) is 9.90 Å². The van der Waals surface area contributed by atoms with Crippen molar-refractivity contribution in [2.45, 2.75) is 0 Å². The minimum absolute atomic E-state index is 0.0205. The number of aromatic hydroxyl groups is 1. The van der Waals surface area contributed by atoms with Gasteiger partial charge in [-0.05, 0) is 35.9 Å². The smallest absolute Gasteiger partial charge is 0.279 e. The van der Waals surface area contributed by atoms with Crippen LogP contribution in [0.4, 0.5) is 0 Å². The summed E-state index contributed by atoms with van der Waals surface area (Å²) in [4.78, 5) is 12.7. The molecule has 3 rings (SSSR count). The summed E-state index contributed by atoms with van der Waals surface area (Å²) < 4.78 is 7.21. The molecule has 1 heterocycles. The Morgan fingerprint density at radius 1 is 1.29 bits per heavy atom. The number of halogens is 1. The zero-order chi connectivity index (χ0) is 17.3. The molecule has 1 aromatic heterocycles. The van der Waals surface area contributed by atoms with Crippen molar-refractivity contribution in [1.29, 1.82) is 0 Å². The van der Waals surface area contributed by atoms with Gasteiger partial charge in [0.1, 0.15) is 0 Å². The molecule has 0 aliphatic heterocycles. The van der Waals surface area contributed by atoms with Gasteiger partial charge in [-0.25, -0.2) is 4.68 Å². The number of rotatable bonds is 3. The summed E-state index contributed by atoms with van der Waals surface area (Å²) in [7, 11) is 1.47. The summed E-state index contributed by atoms with van der Waals surface area (Å²) >= 11 is 3.38. The first kappa shape index (κ1) is 16.1. The zero-order valence-electron chi connectivity index (χ0n) is 12.9. The van der Waals surface area contributed by atoms with E-state index in [1.54, 1.807) is 12.1 Å². The summed E-state index contributed by atoms with van der Waals surface area (Å²) in [5, 5.41) is 13.7. The van der Waals surface area contributed by atoms with Gasteiger partial charge in [-0.3, -0.25) is 9.89 Å². The van der Waals surface area contributed by atoms with Crippen LogP contribution in [0.15, 0.2) is 51.7 Å². The summed E-state index contributed by atoms with van der Waals surface area (Å²) in [5.41, 5.74) is 1.23. The third kappa shape index (κ3) is 2.88. The summed E-state index contributed by atoms with van der Waals surface area (Å²) in [6.45, 7) is 3.91. The quantitative estimate of drug-likeness (QED) is 0.721. The first-order chi connectivity index (χ1) is 11.5. The molecule has 0 spiro atoms. The third-order valence-corrected chi connectivity index (χ3v) is 4.30. The van der Waals surface area contributed by atoms with Gasteiger partial charge in [0.25, 0.3) is 5.56 Å². The number of H-pyrrole nitrogens is 1. The lowest BCUT2D eigenvalue weighted by atomic mass is 10.1. The fourth-order valence-corrected chi connectivity index (χ4v) is 2.84. The van der Waals surface area contributed by atoms with E-state index in [0.29, 0.717) is 26.4 Å². The van der Waals surface area contributed by atoms with Crippen LogP contribution < -0.4 is 20.9 Å². The second-order valence-electron chi connectivity index (χ2n) is 5.17. The first-order valence-corrected chi connectivity index (χ1v) is 7.94. The maximum absolute atomic E-state index is 12.7. The van der Waals surface area contributed by atoms with Gasteiger partial charge in [0.2, 0.25) is 0 Å². The Labute approximate surface area is 146 Å². The second-order valence-corrected chi connectivity index (χ2v) is 6.02. The highest BCUT2D eigenvalue weighted by molar-refractivity contribution is 9.10. The number of hydrogen-bond acceptors (Lipinski definition) is 3. The van der Waals surface area contributed by atoms with Crippen molar-refractivity contribution in [3.05, 3.63) is 73.4 Å². The average Bonchev–Trinajstić information content (AvgIpc) is 2.86. The summed E-state index contributed by atoms with van der Waals surface area (Å²) in [5.74, 6) is 0.348. The fraction of sp³-hybridized carbons (Fsp3) is 0.0556. The molecule has 0 unspecified atom stereocenters. The number of nitrogens with one attached hydrogen (secondary N) is 1. The molecule has 2 N–H and O–H groups in total. The largest absolute Gasteiger partial charge is 0.504 e. The van der Waals surface area contributed by atoms with Gasteiger partial charge in [-0.15, -0.1) is 0 Å². The number of phenols is 1. The van der Waals surface area contributed by atoms with Gasteiger partial charge in [-0.1, -0.05) is 40.7 Å². The summed E-state index contributed by atoms with van der Waals surface area (Å²) in [6, 6.07) is 12.4. The molecule has 2 aromatic carbocycles. The number of nitrogens with zero attached hydrogens (tertiary/aromatic N) is 1. The second kappa shape index (κ2) is 6.41. The molecular formula is C18H15BrN2O3. The number of hydrogen-bond donors (Lipinski definition) is 2. The monoisotopic (exact) mass is 386 g/mol. The Balaban J connectivity index is 2.22. The van der Waals surface area contributed by atoms with Crippen LogP contribution in [-0.2, 0) is 0 Å². The molecule has 24 heavy (non-hydrogen) atoms. The van der Waals surface area contributed by atoms with E-state index in [0.717, 1.165) is 5.69 Å². The predicted octanol–water partition coefficient (Wildman–Crippen LogP) is 1.88. The Hall–Kier alpha value is -2.73. The van der Waals surface area contributed by atoms with Crippen LogP contribution in [0.3, 0.4) is 0 Å². The minimum Gasteiger partial charge on any atom is -0.504 e. The lowest BCUT2D eigenvalue weighted by molar-refractivity contribution is 0.373. The number of benzene rings is 2. The predicted molar refractivity (Wildman–Crippen MR) is 97.1 cm³/mol. The molecule has 3 aromatic rings. The van der Waals surface area contributed by atoms with Crippen LogP contribution >= 0.6 is 15.9 Å². The molecule has 6 heteroatoms. The number of methoxy groups -OCH3 is 1. The Bertz CT molecular complexity index is 1050. The van der Waals surface area contributed by atoms with Crippen molar-refractivity contribution >= 4 is 28.6 Å². The maximum atomic E-state index is 12.7. The molecule has 0 amide bonds. The van der Waals surface area contributed by atoms with Gasteiger partial charge < -0.3 is 9.84 Å². The summed E-state index contributed by atoms with van der Waals surface area (Å²) in [6.07, 6.45) is 1.70. The molecule has 0 aliphatic carbocycles. The van der Waals surface area contributed by atoms with Crippen LogP contribution in [-0.4, -0.2) is 22.0 Å². The number of aromatic nitrogens is 2. The van der Waals surface area contributed by atoms with E-state index in [-0.39, 0.29) is 11.3 Å². The van der Waals surface area contributed by atoms with Crippen molar-refractivity contribution in [3.8, 4) is 17.2 Å². The highest BCUT2D eigenvalue weighted by Crippen LogP contribution is 2.32. The van der Waals surface area contributed by atoms with Crippen molar-refractivity contribution in [1.82, 2.24) is 9.78 Å². The van der Waals surface area contributed by atoms with Gasteiger partial charge in [0, 0.05) is 4.47 Å². The van der Waals surface area contributed by atoms with E-state index in [1.165, 1.54) is 17.9 Å². The maximum Gasteiger partial charge on any atom is 0.279 e. The first-order valence-electron chi connectivity index (χ1n) is 7.15. The van der Waals surface area contributed by atoms with E-state index in [1.807, 2.05) is 30.3 Å². The van der Waals surface area contributed by atoms with Crippen LogP contribution in [0.2, 0.25) is 0 Å². The Kier molecular flexibility index (Phi) is 4.31. The Morgan fingerprint density at radius 2 is 2.00 bits per heavy atom.